The van der Waals surface area contributed by atoms with Crippen LogP contribution >= 0.6 is 0 Å². The van der Waals surface area contributed by atoms with Gasteiger partial charge in [-0.05, 0) is 18.1 Å². The summed E-state index contributed by atoms with van der Waals surface area (Å²) in [6.07, 6.45) is 5.19. The summed E-state index contributed by atoms with van der Waals surface area (Å²) >= 11 is 0. The molecule has 1 aromatic rings. The van der Waals surface area contributed by atoms with Crippen LogP contribution in [0.2, 0.25) is 0 Å². The van der Waals surface area contributed by atoms with Crippen molar-refractivity contribution in [2.24, 2.45) is 0 Å². The molecule has 0 unspecified atom stereocenters. The SMILES string of the molecule is CS(=O)(=O)N1CCN(C(=O)CCc2cccnc2)[C@H]2CS(=O)(=O)C[C@H]21. The molecule has 2 aliphatic heterocycles. The van der Waals surface area contributed by atoms with Crippen molar-refractivity contribution in [3.05, 3.63) is 30.1 Å². The van der Waals surface area contributed by atoms with Crippen LogP contribution in [0.15, 0.2) is 24.5 Å². The number of fused-ring (bicyclic) bond motifs is 1. The van der Waals surface area contributed by atoms with Gasteiger partial charge in [0.15, 0.2) is 9.84 Å². The molecule has 138 valence electrons. The van der Waals surface area contributed by atoms with E-state index >= 15 is 0 Å². The molecule has 0 aliphatic carbocycles. The lowest BCUT2D eigenvalue weighted by Gasteiger charge is -2.42. The van der Waals surface area contributed by atoms with E-state index in [1.165, 1.54) is 4.31 Å². The van der Waals surface area contributed by atoms with Crippen LogP contribution in [0.4, 0.5) is 0 Å². The maximum absolute atomic E-state index is 12.6. The number of rotatable bonds is 4. The maximum Gasteiger partial charge on any atom is 0.223 e. The highest BCUT2D eigenvalue weighted by atomic mass is 32.2. The van der Waals surface area contributed by atoms with Crippen molar-refractivity contribution in [1.29, 1.82) is 0 Å². The first-order valence-electron chi connectivity index (χ1n) is 8.03. The zero-order chi connectivity index (χ0) is 18.2. The number of pyridine rings is 1. The molecule has 0 N–H and O–H groups in total. The van der Waals surface area contributed by atoms with E-state index in [2.05, 4.69) is 4.98 Å². The van der Waals surface area contributed by atoms with E-state index in [4.69, 9.17) is 0 Å². The van der Waals surface area contributed by atoms with E-state index in [9.17, 15) is 21.6 Å². The van der Waals surface area contributed by atoms with Gasteiger partial charge in [0.2, 0.25) is 15.9 Å². The van der Waals surface area contributed by atoms with Gasteiger partial charge in [-0.1, -0.05) is 6.07 Å². The number of sulfone groups is 1. The fourth-order valence-electron chi connectivity index (χ4n) is 3.58. The van der Waals surface area contributed by atoms with Gasteiger partial charge in [-0.3, -0.25) is 9.78 Å². The number of aryl methyl sites for hydroxylation is 1. The third-order valence-electron chi connectivity index (χ3n) is 4.72. The number of aromatic nitrogens is 1. The highest BCUT2D eigenvalue weighted by molar-refractivity contribution is 7.92. The van der Waals surface area contributed by atoms with Crippen molar-refractivity contribution in [3.63, 3.8) is 0 Å². The molecule has 25 heavy (non-hydrogen) atoms. The van der Waals surface area contributed by atoms with Crippen molar-refractivity contribution in [1.82, 2.24) is 14.2 Å². The molecule has 0 bridgehead atoms. The zero-order valence-corrected chi connectivity index (χ0v) is 15.5. The van der Waals surface area contributed by atoms with Crippen molar-refractivity contribution in [3.8, 4) is 0 Å². The lowest BCUT2D eigenvalue weighted by atomic mass is 10.1. The Morgan fingerprint density at radius 1 is 1.28 bits per heavy atom. The van der Waals surface area contributed by atoms with E-state index in [-0.39, 0.29) is 36.9 Å². The lowest BCUT2D eigenvalue weighted by molar-refractivity contribution is -0.135. The summed E-state index contributed by atoms with van der Waals surface area (Å²) in [5.74, 6) is -0.552. The second-order valence-electron chi connectivity index (χ2n) is 6.53. The minimum Gasteiger partial charge on any atom is -0.336 e. The molecular weight excluding hydrogens is 366 g/mol. The molecule has 1 aromatic heterocycles. The van der Waals surface area contributed by atoms with Crippen LogP contribution in [0.5, 0.6) is 0 Å². The van der Waals surface area contributed by atoms with Gasteiger partial charge in [0, 0.05) is 31.9 Å². The summed E-state index contributed by atoms with van der Waals surface area (Å²) in [4.78, 5) is 18.2. The van der Waals surface area contributed by atoms with Crippen LogP contribution in [0.3, 0.4) is 0 Å². The number of carbonyl (C=O) groups excluding carboxylic acids is 1. The highest BCUT2D eigenvalue weighted by Gasteiger charge is 2.50. The van der Waals surface area contributed by atoms with Crippen LogP contribution in [-0.2, 0) is 31.1 Å². The van der Waals surface area contributed by atoms with Gasteiger partial charge in [-0.25, -0.2) is 16.8 Å². The molecule has 0 spiro atoms. The van der Waals surface area contributed by atoms with Gasteiger partial charge in [0.05, 0.1) is 29.8 Å². The molecule has 2 aliphatic rings. The lowest BCUT2D eigenvalue weighted by Crippen LogP contribution is -2.61. The van der Waals surface area contributed by atoms with Gasteiger partial charge in [0.25, 0.3) is 0 Å². The zero-order valence-electron chi connectivity index (χ0n) is 13.9. The van der Waals surface area contributed by atoms with Crippen molar-refractivity contribution in [2.75, 3.05) is 30.9 Å². The first-order valence-corrected chi connectivity index (χ1v) is 11.7. The van der Waals surface area contributed by atoms with Gasteiger partial charge in [-0.2, -0.15) is 4.31 Å². The van der Waals surface area contributed by atoms with Crippen LogP contribution in [0.25, 0.3) is 0 Å². The molecule has 2 fully saturated rings. The van der Waals surface area contributed by atoms with Crippen LogP contribution in [-0.4, -0.2) is 79.9 Å². The van der Waals surface area contributed by atoms with Crippen molar-refractivity contribution < 1.29 is 21.6 Å². The van der Waals surface area contributed by atoms with Crippen molar-refractivity contribution in [2.45, 2.75) is 24.9 Å². The summed E-state index contributed by atoms with van der Waals surface area (Å²) in [6, 6.07) is 2.39. The normalized spacial score (nSPS) is 26.4. The first-order chi connectivity index (χ1) is 11.7. The average molecular weight is 387 g/mol. The average Bonchev–Trinajstić information content (AvgIpc) is 2.86. The van der Waals surface area contributed by atoms with Gasteiger partial charge in [-0.15, -0.1) is 0 Å². The third-order valence-corrected chi connectivity index (χ3v) is 7.73. The Labute approximate surface area is 147 Å². The molecule has 3 rings (SSSR count). The van der Waals surface area contributed by atoms with E-state index in [1.807, 2.05) is 6.07 Å². The van der Waals surface area contributed by atoms with Crippen LogP contribution in [0.1, 0.15) is 12.0 Å². The topological polar surface area (TPSA) is 105 Å². The number of nitrogens with zero attached hydrogens (tertiary/aromatic N) is 3. The molecular formula is C15H21N3O5S2. The Bertz CT molecular complexity index is 854. The van der Waals surface area contributed by atoms with E-state index in [0.29, 0.717) is 6.42 Å². The third kappa shape index (κ3) is 4.01. The summed E-state index contributed by atoms with van der Waals surface area (Å²) in [5.41, 5.74) is 0.932. The molecule has 1 amide bonds. The molecule has 8 nitrogen and oxygen atoms in total. The summed E-state index contributed by atoms with van der Waals surface area (Å²) in [6.45, 7) is 0.351. The maximum atomic E-state index is 12.6. The minimum absolute atomic E-state index is 0.133. The molecule has 10 heteroatoms. The Balaban J connectivity index is 1.75. The molecule has 2 atom stereocenters. The Morgan fingerprint density at radius 2 is 2.00 bits per heavy atom. The summed E-state index contributed by atoms with van der Waals surface area (Å²) in [7, 11) is -6.88. The summed E-state index contributed by atoms with van der Waals surface area (Å²) in [5, 5.41) is 0. The summed E-state index contributed by atoms with van der Waals surface area (Å²) < 4.78 is 49.2. The molecule has 0 radical (unpaired) electrons. The predicted molar refractivity (Wildman–Crippen MR) is 92.1 cm³/mol. The predicted octanol–water partition coefficient (Wildman–Crippen LogP) is -0.716. The Hall–Kier alpha value is -1.52. The number of hydrogen-bond donors (Lipinski definition) is 0. The Morgan fingerprint density at radius 3 is 2.64 bits per heavy atom. The highest BCUT2D eigenvalue weighted by Crippen LogP contribution is 2.29. The number of sulfonamides is 1. The fraction of sp³-hybridized carbons (Fsp3) is 0.600. The number of carbonyl (C=O) groups is 1. The molecule has 0 aromatic carbocycles. The van der Waals surface area contributed by atoms with Gasteiger partial charge >= 0.3 is 0 Å². The second kappa shape index (κ2) is 6.65. The largest absolute Gasteiger partial charge is 0.336 e. The van der Waals surface area contributed by atoms with Crippen LogP contribution < -0.4 is 0 Å². The number of hydrogen-bond acceptors (Lipinski definition) is 6. The molecule has 2 saturated heterocycles. The number of amides is 1. The molecule has 0 saturated carbocycles. The minimum atomic E-state index is -3.51. The molecule has 3 heterocycles. The quantitative estimate of drug-likeness (QED) is 0.675. The van der Waals surface area contributed by atoms with E-state index in [1.54, 1.807) is 23.4 Å². The van der Waals surface area contributed by atoms with Gasteiger partial charge < -0.3 is 4.90 Å². The Kier molecular flexibility index (Phi) is 4.86. The fourth-order valence-corrected chi connectivity index (χ4v) is 6.78. The second-order valence-corrected chi connectivity index (χ2v) is 10.6. The van der Waals surface area contributed by atoms with E-state index < -0.39 is 31.9 Å². The first kappa shape index (κ1) is 18.3. The van der Waals surface area contributed by atoms with E-state index in [0.717, 1.165) is 11.8 Å². The van der Waals surface area contributed by atoms with Crippen LogP contribution in [0, 0.1) is 0 Å². The smallest absolute Gasteiger partial charge is 0.223 e. The number of piperazine rings is 1. The monoisotopic (exact) mass is 387 g/mol. The van der Waals surface area contributed by atoms with Crippen molar-refractivity contribution >= 4 is 25.8 Å². The standard InChI is InChI=1S/C15H21N3O5S2/c1-24(20,21)18-8-7-17(13-10-25(22,23)11-14(13)18)15(19)5-4-12-3-2-6-16-9-12/h2-3,6,9,13-14H,4-5,7-8,10-11H2,1H3/t13-,14+/m0/s1. The van der Waals surface area contributed by atoms with Gasteiger partial charge in [0.1, 0.15) is 0 Å².